The van der Waals surface area contributed by atoms with E-state index in [1.54, 1.807) is 0 Å². The van der Waals surface area contributed by atoms with E-state index in [0.29, 0.717) is 0 Å². The Morgan fingerprint density at radius 3 is 2.30 bits per heavy atom. The molecule has 0 aliphatic rings. The van der Waals surface area contributed by atoms with Crippen LogP contribution >= 0.6 is 0 Å². The van der Waals surface area contributed by atoms with Crippen LogP contribution in [-0.2, 0) is 11.1 Å². The fourth-order valence-corrected chi connectivity index (χ4v) is 0.796. The summed E-state index contributed by atoms with van der Waals surface area (Å²) in [6.45, 7) is 1.44. The maximum Gasteiger partial charge on any atom is 0.124 e. The number of hydrogen-bond acceptors (Lipinski definition) is 5. The third-order valence-electron chi connectivity index (χ3n) is 1.19. The van der Waals surface area contributed by atoms with Crippen molar-refractivity contribution >= 4 is 11.1 Å². The standard InChI is InChI=1S/C4H12N2O3S/c1-3(7)6(2)4(5)10(8)9/h3-4,7H,5H2,1-2H3,(H,8,9)/p-1. The van der Waals surface area contributed by atoms with E-state index in [1.807, 2.05) is 0 Å². The van der Waals surface area contributed by atoms with Crippen molar-refractivity contribution in [1.82, 2.24) is 4.90 Å². The SMILES string of the molecule is CC(O)N(C)C(N)S(=O)[O-]. The largest absolute Gasteiger partial charge is 0.770 e. The van der Waals surface area contributed by atoms with Crippen LogP contribution in [0.3, 0.4) is 0 Å². The second-order valence-electron chi connectivity index (χ2n) is 1.95. The Morgan fingerprint density at radius 1 is 1.80 bits per heavy atom. The Hall–Kier alpha value is -0.0100. The van der Waals surface area contributed by atoms with Gasteiger partial charge in [-0.05, 0) is 25.1 Å². The molecular weight excluding hydrogens is 156 g/mol. The van der Waals surface area contributed by atoms with Crippen molar-refractivity contribution in [3.05, 3.63) is 0 Å². The van der Waals surface area contributed by atoms with Crippen LogP contribution in [0, 0.1) is 0 Å². The van der Waals surface area contributed by atoms with E-state index in [-0.39, 0.29) is 0 Å². The number of aliphatic hydroxyl groups excluding tert-OH is 1. The fraction of sp³-hybridized carbons (Fsp3) is 1.00. The number of aliphatic hydroxyl groups is 1. The Bertz CT molecular complexity index is 130. The maximum atomic E-state index is 10.2. The molecule has 3 N–H and O–H groups in total. The second-order valence-corrected chi connectivity index (χ2v) is 2.95. The van der Waals surface area contributed by atoms with E-state index in [4.69, 9.17) is 10.8 Å². The van der Waals surface area contributed by atoms with Crippen LogP contribution in [0.2, 0.25) is 0 Å². The second kappa shape index (κ2) is 3.99. The molecule has 0 aliphatic carbocycles. The first kappa shape index (κ1) is 9.99. The van der Waals surface area contributed by atoms with Gasteiger partial charge in [0.05, 0.1) is 0 Å². The summed E-state index contributed by atoms with van der Waals surface area (Å²) in [6, 6.07) is 0. The van der Waals surface area contributed by atoms with Gasteiger partial charge in [0.2, 0.25) is 0 Å². The molecule has 5 nitrogen and oxygen atoms in total. The Labute approximate surface area is 62.1 Å². The van der Waals surface area contributed by atoms with Gasteiger partial charge < -0.3 is 15.4 Å². The van der Waals surface area contributed by atoms with Crippen molar-refractivity contribution in [3.63, 3.8) is 0 Å². The molecule has 0 saturated heterocycles. The molecule has 3 unspecified atom stereocenters. The molecule has 0 rings (SSSR count). The highest BCUT2D eigenvalue weighted by atomic mass is 32.2. The van der Waals surface area contributed by atoms with E-state index in [1.165, 1.54) is 14.0 Å². The molecule has 0 aromatic carbocycles. The first-order chi connectivity index (χ1) is 4.46. The maximum absolute atomic E-state index is 10.2. The van der Waals surface area contributed by atoms with Crippen LogP contribution in [0.15, 0.2) is 0 Å². The zero-order chi connectivity index (χ0) is 8.31. The van der Waals surface area contributed by atoms with Crippen molar-refractivity contribution in [2.45, 2.75) is 18.6 Å². The monoisotopic (exact) mass is 167 g/mol. The van der Waals surface area contributed by atoms with Crippen molar-refractivity contribution in [1.29, 1.82) is 0 Å². The summed E-state index contributed by atoms with van der Waals surface area (Å²) < 4.78 is 20.3. The summed E-state index contributed by atoms with van der Waals surface area (Å²) in [5.41, 5.74) is 3.98. The fourth-order valence-electron chi connectivity index (χ4n) is 0.348. The zero-order valence-corrected chi connectivity index (χ0v) is 6.67. The highest BCUT2D eigenvalue weighted by Gasteiger charge is 2.13. The van der Waals surface area contributed by atoms with Crippen molar-refractivity contribution in [3.8, 4) is 0 Å². The van der Waals surface area contributed by atoms with Gasteiger partial charge in [-0.25, -0.2) is 0 Å². The van der Waals surface area contributed by atoms with Gasteiger partial charge in [0, 0.05) is 0 Å². The summed E-state index contributed by atoms with van der Waals surface area (Å²) in [5.74, 6) is 0. The lowest BCUT2D eigenvalue weighted by atomic mass is 10.6. The molecule has 0 heterocycles. The summed E-state index contributed by atoms with van der Waals surface area (Å²) in [6.07, 6.45) is -0.854. The van der Waals surface area contributed by atoms with Gasteiger partial charge in [0.25, 0.3) is 0 Å². The van der Waals surface area contributed by atoms with Crippen molar-refractivity contribution in [2.24, 2.45) is 5.73 Å². The van der Waals surface area contributed by atoms with Crippen LogP contribution in [0.1, 0.15) is 6.92 Å². The van der Waals surface area contributed by atoms with Crippen LogP contribution < -0.4 is 5.73 Å². The minimum atomic E-state index is -2.37. The molecular formula is C4H11N2O3S-. The predicted octanol–water partition coefficient (Wildman–Crippen LogP) is -1.62. The highest BCUT2D eigenvalue weighted by Crippen LogP contribution is 1.96. The average molecular weight is 167 g/mol. The number of nitrogens with zero attached hydrogens (tertiary/aromatic N) is 1. The van der Waals surface area contributed by atoms with E-state index in [2.05, 4.69) is 0 Å². The average Bonchev–Trinajstić information content (AvgIpc) is 1.84. The number of nitrogens with two attached hydrogens (primary N) is 1. The summed E-state index contributed by atoms with van der Waals surface area (Å²) in [7, 11) is 1.42. The van der Waals surface area contributed by atoms with Gasteiger partial charge in [-0.1, -0.05) is 0 Å². The third-order valence-corrected chi connectivity index (χ3v) is 1.91. The van der Waals surface area contributed by atoms with Gasteiger partial charge in [0.15, 0.2) is 0 Å². The lowest BCUT2D eigenvalue weighted by Gasteiger charge is -2.28. The van der Waals surface area contributed by atoms with Gasteiger partial charge in [-0.2, -0.15) is 0 Å². The minimum Gasteiger partial charge on any atom is -0.770 e. The molecule has 0 amide bonds. The molecule has 0 aromatic rings. The molecule has 62 valence electrons. The minimum absolute atomic E-state index is 0.854. The van der Waals surface area contributed by atoms with Crippen LogP contribution in [0.4, 0.5) is 0 Å². The summed E-state index contributed by atoms with van der Waals surface area (Å²) >= 11 is -2.37. The Morgan fingerprint density at radius 2 is 2.20 bits per heavy atom. The third kappa shape index (κ3) is 2.72. The number of hydrogen-bond donors (Lipinski definition) is 2. The van der Waals surface area contributed by atoms with E-state index in [0.717, 1.165) is 4.90 Å². The molecule has 6 heteroatoms. The van der Waals surface area contributed by atoms with Gasteiger partial charge >= 0.3 is 0 Å². The van der Waals surface area contributed by atoms with Crippen LogP contribution in [0.5, 0.6) is 0 Å². The van der Waals surface area contributed by atoms with Crippen molar-refractivity contribution < 1.29 is 13.9 Å². The highest BCUT2D eigenvalue weighted by molar-refractivity contribution is 7.79. The van der Waals surface area contributed by atoms with Gasteiger partial charge in [-0.3, -0.25) is 9.11 Å². The van der Waals surface area contributed by atoms with Crippen LogP contribution in [0.25, 0.3) is 0 Å². The first-order valence-corrected chi connectivity index (χ1v) is 3.84. The Balaban J connectivity index is 3.94. The quantitative estimate of drug-likeness (QED) is 0.389. The van der Waals surface area contributed by atoms with Gasteiger partial charge in [0.1, 0.15) is 11.7 Å². The molecule has 0 spiro atoms. The predicted molar refractivity (Wildman–Crippen MR) is 36.3 cm³/mol. The van der Waals surface area contributed by atoms with Gasteiger partial charge in [-0.15, -0.1) is 0 Å². The molecule has 0 aliphatic heterocycles. The van der Waals surface area contributed by atoms with E-state index < -0.39 is 22.8 Å². The normalized spacial score (nSPS) is 20.6. The lowest BCUT2D eigenvalue weighted by molar-refractivity contribution is 0.0292. The van der Waals surface area contributed by atoms with E-state index in [9.17, 15) is 8.76 Å². The molecule has 0 saturated carbocycles. The lowest BCUT2D eigenvalue weighted by Crippen LogP contribution is -2.46. The smallest absolute Gasteiger partial charge is 0.124 e. The summed E-state index contributed by atoms with van der Waals surface area (Å²) in [5, 5.41) is 8.81. The molecule has 0 aromatic heterocycles. The van der Waals surface area contributed by atoms with E-state index >= 15 is 0 Å². The summed E-state index contributed by atoms with van der Waals surface area (Å²) in [4.78, 5) is 1.13. The van der Waals surface area contributed by atoms with Crippen LogP contribution in [-0.4, -0.2) is 37.5 Å². The molecule has 10 heavy (non-hydrogen) atoms. The molecule has 0 radical (unpaired) electrons. The molecule has 3 atom stereocenters. The molecule has 0 fully saturated rings. The topological polar surface area (TPSA) is 89.6 Å². The molecule has 0 bridgehead atoms. The van der Waals surface area contributed by atoms with Crippen molar-refractivity contribution in [2.75, 3.05) is 7.05 Å². The first-order valence-electron chi connectivity index (χ1n) is 2.70. The zero-order valence-electron chi connectivity index (χ0n) is 5.85. The number of rotatable bonds is 3. The Kier molecular flexibility index (Phi) is 3.99.